The molecule has 8 nitrogen and oxygen atoms in total. The zero-order valence-electron chi connectivity index (χ0n) is 23.5. The molecule has 1 amide bonds. The number of benzene rings is 4. The van der Waals surface area contributed by atoms with Crippen molar-refractivity contribution in [3.05, 3.63) is 114 Å². The molecular formula is C34H29N3O5. The Labute approximate surface area is 243 Å². The fraction of sp³-hybridized carbons (Fsp3) is 0.147. The number of ether oxygens (including phenoxy) is 4. The summed E-state index contributed by atoms with van der Waals surface area (Å²) in [7, 11) is 4.67. The molecule has 8 heteroatoms. The van der Waals surface area contributed by atoms with Gasteiger partial charge in [-0.25, -0.2) is 10.4 Å². The molecule has 0 saturated carbocycles. The summed E-state index contributed by atoms with van der Waals surface area (Å²) in [6.07, 6.45) is 0.292. The number of aromatic nitrogens is 1. The van der Waals surface area contributed by atoms with Crippen molar-refractivity contribution in [2.24, 2.45) is 5.10 Å². The van der Waals surface area contributed by atoms with Crippen LogP contribution < -0.4 is 24.4 Å². The Bertz CT molecular complexity index is 1780. The topological polar surface area (TPSA) is 91.3 Å². The lowest BCUT2D eigenvalue weighted by Gasteiger charge is -2.27. The lowest BCUT2D eigenvalue weighted by molar-refractivity contribution is 0.0956. The number of methoxy groups -OCH3 is 3. The van der Waals surface area contributed by atoms with Crippen LogP contribution in [0.3, 0.4) is 0 Å². The zero-order valence-corrected chi connectivity index (χ0v) is 23.5. The fourth-order valence-corrected chi connectivity index (χ4v) is 5.17. The number of carbonyl (C=O) groups excluding carboxylic acids is 1. The number of nitrogens with zero attached hydrogens (tertiary/aromatic N) is 2. The van der Waals surface area contributed by atoms with Gasteiger partial charge in [0.2, 0.25) is 5.75 Å². The van der Waals surface area contributed by atoms with Crippen LogP contribution in [-0.2, 0) is 0 Å². The molecule has 1 unspecified atom stereocenters. The summed E-state index contributed by atoms with van der Waals surface area (Å²) in [4.78, 5) is 18.6. The van der Waals surface area contributed by atoms with Gasteiger partial charge in [0.05, 0.1) is 43.8 Å². The largest absolute Gasteiger partial charge is 0.493 e. The minimum atomic E-state index is -0.352. The number of fused-ring (bicyclic) bond motifs is 2. The van der Waals surface area contributed by atoms with Gasteiger partial charge in [0.15, 0.2) is 11.5 Å². The minimum absolute atomic E-state index is 0.217. The first-order chi connectivity index (χ1) is 20.6. The quantitative estimate of drug-likeness (QED) is 0.226. The second kappa shape index (κ2) is 11.6. The van der Waals surface area contributed by atoms with E-state index in [0.29, 0.717) is 51.4 Å². The summed E-state index contributed by atoms with van der Waals surface area (Å²) in [5.74, 6) is 1.83. The SMILES string of the molecule is COc1cc(-c2cc(C(=O)NN=C3CC(c4ccccc4)Oc4ccccc43)c3ccccc3n2)cc(OC)c1OC. The maximum atomic E-state index is 13.7. The van der Waals surface area contributed by atoms with Crippen LogP contribution in [0.2, 0.25) is 0 Å². The van der Waals surface area contributed by atoms with Gasteiger partial charge in [-0.1, -0.05) is 60.7 Å². The van der Waals surface area contributed by atoms with E-state index in [2.05, 4.69) is 10.5 Å². The second-order valence-corrected chi connectivity index (χ2v) is 9.70. The summed E-state index contributed by atoms with van der Waals surface area (Å²) < 4.78 is 22.8. The molecule has 210 valence electrons. The monoisotopic (exact) mass is 559 g/mol. The van der Waals surface area contributed by atoms with E-state index >= 15 is 0 Å². The average molecular weight is 560 g/mol. The predicted octanol–water partition coefficient (Wildman–Crippen LogP) is 6.59. The van der Waals surface area contributed by atoms with Crippen molar-refractivity contribution in [2.45, 2.75) is 12.5 Å². The highest BCUT2D eigenvalue weighted by Gasteiger charge is 2.26. The van der Waals surface area contributed by atoms with Crippen LogP contribution in [0.5, 0.6) is 23.0 Å². The van der Waals surface area contributed by atoms with Crippen molar-refractivity contribution in [1.82, 2.24) is 10.4 Å². The number of rotatable bonds is 7. The lowest BCUT2D eigenvalue weighted by Crippen LogP contribution is -2.25. The number of hydrogen-bond acceptors (Lipinski definition) is 7. The van der Waals surface area contributed by atoms with Gasteiger partial charge in [-0.05, 0) is 42.0 Å². The molecule has 5 aromatic rings. The normalized spacial score (nSPS) is 15.0. The molecule has 0 radical (unpaired) electrons. The minimum Gasteiger partial charge on any atom is -0.493 e. The molecule has 0 spiro atoms. The van der Waals surface area contributed by atoms with Gasteiger partial charge < -0.3 is 18.9 Å². The number of hydrazone groups is 1. The van der Waals surface area contributed by atoms with Crippen molar-refractivity contribution in [3.8, 4) is 34.3 Å². The van der Waals surface area contributed by atoms with E-state index < -0.39 is 0 Å². The average Bonchev–Trinajstić information content (AvgIpc) is 3.05. The molecule has 1 aromatic heterocycles. The Hall–Kier alpha value is -5.37. The first-order valence-electron chi connectivity index (χ1n) is 13.5. The van der Waals surface area contributed by atoms with Crippen LogP contribution in [0.25, 0.3) is 22.2 Å². The maximum Gasteiger partial charge on any atom is 0.272 e. The molecule has 2 heterocycles. The van der Waals surface area contributed by atoms with E-state index in [1.807, 2.05) is 91.0 Å². The molecule has 6 rings (SSSR count). The number of hydrogen-bond donors (Lipinski definition) is 1. The lowest BCUT2D eigenvalue weighted by atomic mass is 9.96. The van der Waals surface area contributed by atoms with E-state index in [1.165, 1.54) is 0 Å². The Morgan fingerprint density at radius 2 is 1.55 bits per heavy atom. The third-order valence-corrected chi connectivity index (χ3v) is 7.23. The molecule has 42 heavy (non-hydrogen) atoms. The first-order valence-corrected chi connectivity index (χ1v) is 13.5. The summed E-state index contributed by atoms with van der Waals surface area (Å²) in [5, 5.41) is 5.33. The van der Waals surface area contributed by atoms with E-state index in [-0.39, 0.29) is 12.0 Å². The highest BCUT2D eigenvalue weighted by atomic mass is 16.5. The summed E-state index contributed by atoms with van der Waals surface area (Å²) in [5.41, 5.74) is 7.83. The van der Waals surface area contributed by atoms with Crippen molar-refractivity contribution in [3.63, 3.8) is 0 Å². The summed E-state index contributed by atoms with van der Waals surface area (Å²) >= 11 is 0. The van der Waals surface area contributed by atoms with Crippen LogP contribution in [0.4, 0.5) is 0 Å². The van der Waals surface area contributed by atoms with Gasteiger partial charge in [-0.3, -0.25) is 4.79 Å². The van der Waals surface area contributed by atoms with Crippen LogP contribution in [-0.4, -0.2) is 37.9 Å². The third-order valence-electron chi connectivity index (χ3n) is 7.23. The molecule has 0 saturated heterocycles. The fourth-order valence-electron chi connectivity index (χ4n) is 5.17. The van der Waals surface area contributed by atoms with Gasteiger partial charge in [0.25, 0.3) is 5.91 Å². The highest BCUT2D eigenvalue weighted by molar-refractivity contribution is 6.09. The molecule has 1 N–H and O–H groups in total. The van der Waals surface area contributed by atoms with Gasteiger partial charge >= 0.3 is 0 Å². The maximum absolute atomic E-state index is 13.7. The van der Waals surface area contributed by atoms with E-state index in [4.69, 9.17) is 23.9 Å². The smallest absolute Gasteiger partial charge is 0.272 e. The van der Waals surface area contributed by atoms with Crippen LogP contribution >= 0.6 is 0 Å². The number of carbonyl (C=O) groups is 1. The summed E-state index contributed by atoms with van der Waals surface area (Å²) in [6, 6.07) is 30.6. The van der Waals surface area contributed by atoms with Crippen LogP contribution in [0.15, 0.2) is 102 Å². The number of pyridine rings is 1. The molecule has 0 aliphatic carbocycles. The van der Waals surface area contributed by atoms with Gasteiger partial charge in [-0.15, -0.1) is 0 Å². The van der Waals surface area contributed by atoms with Crippen molar-refractivity contribution in [1.29, 1.82) is 0 Å². The Balaban J connectivity index is 1.38. The first kappa shape index (κ1) is 26.8. The highest BCUT2D eigenvalue weighted by Crippen LogP contribution is 2.41. The number of para-hydroxylation sites is 2. The van der Waals surface area contributed by atoms with Crippen LogP contribution in [0, 0.1) is 0 Å². The Kier molecular flexibility index (Phi) is 7.43. The van der Waals surface area contributed by atoms with Gasteiger partial charge in [0, 0.05) is 22.9 Å². The van der Waals surface area contributed by atoms with E-state index in [1.54, 1.807) is 27.4 Å². The van der Waals surface area contributed by atoms with Gasteiger partial charge in [-0.2, -0.15) is 5.10 Å². The van der Waals surface area contributed by atoms with Crippen molar-refractivity contribution < 1.29 is 23.7 Å². The zero-order chi connectivity index (χ0) is 29.1. The van der Waals surface area contributed by atoms with Gasteiger partial charge in [0.1, 0.15) is 11.9 Å². The van der Waals surface area contributed by atoms with Crippen molar-refractivity contribution in [2.75, 3.05) is 21.3 Å². The molecule has 0 fully saturated rings. The third kappa shape index (κ3) is 5.10. The second-order valence-electron chi connectivity index (χ2n) is 9.70. The summed E-state index contributed by atoms with van der Waals surface area (Å²) in [6.45, 7) is 0. The molecule has 1 aliphatic heterocycles. The molecule has 1 atom stereocenters. The predicted molar refractivity (Wildman–Crippen MR) is 162 cm³/mol. The molecule has 0 bridgehead atoms. The van der Waals surface area contributed by atoms with E-state index in [9.17, 15) is 4.79 Å². The molecule has 4 aromatic carbocycles. The van der Waals surface area contributed by atoms with Crippen molar-refractivity contribution >= 4 is 22.5 Å². The standard InChI is InChI=1S/C34H29N3O5/c1-39-31-17-22(18-32(40-2)33(31)41-3)27-19-25(23-13-7-9-15-26(23)35-27)34(38)37-36-28-20-30(21-11-5-4-6-12-21)42-29-16-10-8-14-24(28)29/h4-19,30H,20H2,1-3H3,(H,37,38). The van der Waals surface area contributed by atoms with Crippen LogP contribution in [0.1, 0.15) is 34.0 Å². The molecule has 1 aliphatic rings. The van der Waals surface area contributed by atoms with E-state index in [0.717, 1.165) is 22.6 Å². The molecular weight excluding hydrogens is 530 g/mol. The Morgan fingerprint density at radius 1 is 0.857 bits per heavy atom. The number of nitrogens with one attached hydrogen (secondary N) is 1. The number of amides is 1. The Morgan fingerprint density at radius 3 is 2.29 bits per heavy atom.